The smallest absolute Gasteiger partial charge is 0.242 e. The summed E-state index contributed by atoms with van der Waals surface area (Å²) in [5.74, 6) is 0.448. The zero-order valence-corrected chi connectivity index (χ0v) is 15.5. The maximum atomic E-state index is 12.2. The zero-order valence-electron chi connectivity index (χ0n) is 13.1. The summed E-state index contributed by atoms with van der Waals surface area (Å²) in [7, 11) is -3.63. The first-order valence-corrected chi connectivity index (χ1v) is 9.72. The van der Waals surface area contributed by atoms with Gasteiger partial charge in [0.25, 0.3) is 0 Å². The quantitative estimate of drug-likeness (QED) is 0.441. The molecule has 0 aliphatic rings. The van der Waals surface area contributed by atoms with Gasteiger partial charge in [0.2, 0.25) is 15.9 Å². The highest BCUT2D eigenvalue weighted by molar-refractivity contribution is 9.10. The lowest BCUT2D eigenvalue weighted by Crippen LogP contribution is -2.26. The predicted octanol–water partition coefficient (Wildman–Crippen LogP) is 1.82. The molecule has 0 saturated heterocycles. The van der Waals surface area contributed by atoms with E-state index < -0.39 is 10.0 Å². The molecule has 0 unspecified atom stereocenters. The third-order valence-corrected chi connectivity index (χ3v) is 5.47. The van der Waals surface area contributed by atoms with Crippen molar-refractivity contribution in [3.05, 3.63) is 47.2 Å². The summed E-state index contributed by atoms with van der Waals surface area (Å²) in [4.78, 5) is 4.39. The third kappa shape index (κ3) is 4.09. The van der Waals surface area contributed by atoms with Gasteiger partial charge in [0.05, 0.1) is 23.0 Å². The van der Waals surface area contributed by atoms with Crippen molar-refractivity contribution in [2.45, 2.75) is 11.3 Å². The number of nitrogens with two attached hydrogens (primary N) is 1. The van der Waals surface area contributed by atoms with Crippen LogP contribution in [-0.4, -0.2) is 36.2 Å². The Bertz CT molecular complexity index is 990. The molecule has 132 valence electrons. The van der Waals surface area contributed by atoms with E-state index in [9.17, 15) is 8.42 Å². The molecule has 0 amide bonds. The molecule has 1 aromatic carbocycles. The number of nitrogens with zero attached hydrogens (tertiary/aromatic N) is 3. The first kappa shape index (κ1) is 17.6. The van der Waals surface area contributed by atoms with Gasteiger partial charge in [-0.3, -0.25) is 0 Å². The minimum Gasteiger partial charge on any atom is -0.478 e. The fourth-order valence-corrected chi connectivity index (χ4v) is 3.73. The number of benzene rings is 1. The maximum absolute atomic E-state index is 12.2. The molecule has 10 heteroatoms. The van der Waals surface area contributed by atoms with Crippen molar-refractivity contribution in [3.63, 3.8) is 0 Å². The lowest BCUT2D eigenvalue weighted by atomic mass is 10.3. The molecule has 0 aliphatic heterocycles. The number of hydrogen-bond acceptors (Lipinski definition) is 6. The number of nitrogen functional groups attached to an aromatic ring is 1. The number of ether oxygens (including phenoxy) is 1. The van der Waals surface area contributed by atoms with E-state index in [2.05, 4.69) is 30.7 Å². The van der Waals surface area contributed by atoms with E-state index in [1.54, 1.807) is 41.2 Å². The summed E-state index contributed by atoms with van der Waals surface area (Å²) in [5, 5.41) is 4.10. The van der Waals surface area contributed by atoms with Crippen molar-refractivity contribution in [2.75, 3.05) is 18.9 Å². The van der Waals surface area contributed by atoms with Crippen LogP contribution in [0.2, 0.25) is 0 Å². The van der Waals surface area contributed by atoms with Crippen LogP contribution in [0.4, 0.5) is 5.69 Å². The largest absolute Gasteiger partial charge is 0.478 e. The molecule has 0 fully saturated rings. The predicted molar refractivity (Wildman–Crippen MR) is 96.8 cm³/mol. The summed E-state index contributed by atoms with van der Waals surface area (Å²) >= 11 is 3.36. The minimum absolute atomic E-state index is 0.0774. The third-order valence-electron chi connectivity index (χ3n) is 3.37. The van der Waals surface area contributed by atoms with Gasteiger partial charge in [0.15, 0.2) is 5.65 Å². The van der Waals surface area contributed by atoms with Crippen LogP contribution in [0, 0.1) is 0 Å². The number of hydrogen-bond donors (Lipinski definition) is 2. The standard InChI is InChI=1S/C15H16BrN5O3S/c16-11-10-18-21-8-6-14(20-15(11)21)24-9-3-7-19-25(22,23)13-5-2-1-4-12(13)17/h1-2,4-6,8,10,19H,3,7,9,17H2. The number of fused-ring (bicyclic) bond motifs is 1. The Labute approximate surface area is 153 Å². The van der Waals surface area contributed by atoms with Crippen molar-refractivity contribution in [1.82, 2.24) is 19.3 Å². The van der Waals surface area contributed by atoms with Gasteiger partial charge < -0.3 is 10.5 Å². The fourth-order valence-electron chi connectivity index (χ4n) is 2.16. The van der Waals surface area contributed by atoms with E-state index in [4.69, 9.17) is 10.5 Å². The molecular formula is C15H16BrN5O3S. The first-order valence-electron chi connectivity index (χ1n) is 7.44. The number of sulfonamides is 1. The van der Waals surface area contributed by atoms with Crippen molar-refractivity contribution < 1.29 is 13.2 Å². The molecular weight excluding hydrogens is 410 g/mol. The van der Waals surface area contributed by atoms with Crippen LogP contribution in [0.15, 0.2) is 52.1 Å². The summed E-state index contributed by atoms with van der Waals surface area (Å²) in [5.41, 5.74) is 6.57. The van der Waals surface area contributed by atoms with Gasteiger partial charge >= 0.3 is 0 Å². The summed E-state index contributed by atoms with van der Waals surface area (Å²) < 4.78 is 34.8. The number of para-hydroxylation sites is 1. The normalized spacial score (nSPS) is 11.7. The lowest BCUT2D eigenvalue weighted by molar-refractivity contribution is 0.300. The highest BCUT2D eigenvalue weighted by Crippen LogP contribution is 2.18. The summed E-state index contributed by atoms with van der Waals surface area (Å²) in [6.07, 6.45) is 3.87. The second-order valence-electron chi connectivity index (χ2n) is 5.16. The Hall–Kier alpha value is -2.17. The second-order valence-corrected chi connectivity index (χ2v) is 7.75. The van der Waals surface area contributed by atoms with Crippen molar-refractivity contribution >= 4 is 37.3 Å². The van der Waals surface area contributed by atoms with E-state index in [1.165, 1.54) is 6.07 Å². The molecule has 3 N–H and O–H groups in total. The molecule has 8 nitrogen and oxygen atoms in total. The maximum Gasteiger partial charge on any atom is 0.242 e. The highest BCUT2D eigenvalue weighted by Gasteiger charge is 2.15. The molecule has 3 aromatic rings. The van der Waals surface area contributed by atoms with Gasteiger partial charge in [-0.25, -0.2) is 17.7 Å². The van der Waals surface area contributed by atoms with E-state index in [1.807, 2.05) is 0 Å². The van der Waals surface area contributed by atoms with Crippen molar-refractivity contribution in [1.29, 1.82) is 0 Å². The van der Waals surface area contributed by atoms with Crippen molar-refractivity contribution in [3.8, 4) is 5.88 Å². The molecule has 0 radical (unpaired) electrons. The Morgan fingerprint density at radius 3 is 2.88 bits per heavy atom. The number of nitrogens with one attached hydrogen (secondary N) is 1. The zero-order chi connectivity index (χ0) is 17.9. The molecule has 0 aliphatic carbocycles. The van der Waals surface area contributed by atoms with Crippen molar-refractivity contribution in [2.24, 2.45) is 0 Å². The summed E-state index contributed by atoms with van der Waals surface area (Å²) in [6, 6.07) is 8.03. The number of anilines is 1. The Morgan fingerprint density at radius 2 is 2.08 bits per heavy atom. The van der Waals surface area contributed by atoms with Gasteiger partial charge in [-0.15, -0.1) is 0 Å². The minimum atomic E-state index is -3.63. The van der Waals surface area contributed by atoms with Crippen LogP contribution in [0.1, 0.15) is 6.42 Å². The van der Waals surface area contributed by atoms with Crippen LogP contribution in [-0.2, 0) is 10.0 Å². The van der Waals surface area contributed by atoms with E-state index >= 15 is 0 Å². The molecule has 0 spiro atoms. The van der Waals surface area contributed by atoms with Crippen LogP contribution in [0.5, 0.6) is 5.88 Å². The molecule has 2 heterocycles. The molecule has 0 bridgehead atoms. The van der Waals surface area contributed by atoms with Crippen LogP contribution in [0.25, 0.3) is 5.65 Å². The van der Waals surface area contributed by atoms with Gasteiger partial charge in [0, 0.05) is 18.8 Å². The molecule has 0 saturated carbocycles. The fraction of sp³-hybridized carbons (Fsp3) is 0.200. The Morgan fingerprint density at radius 1 is 1.28 bits per heavy atom. The Balaban J connectivity index is 1.51. The monoisotopic (exact) mass is 425 g/mol. The van der Waals surface area contributed by atoms with Gasteiger partial charge in [0.1, 0.15) is 4.90 Å². The van der Waals surface area contributed by atoms with Gasteiger partial charge in [-0.1, -0.05) is 12.1 Å². The number of halogens is 1. The number of rotatable bonds is 7. The molecule has 0 atom stereocenters. The van der Waals surface area contributed by atoms with E-state index in [0.29, 0.717) is 24.6 Å². The van der Waals surface area contributed by atoms with Gasteiger partial charge in [-0.05, 0) is 34.5 Å². The molecule has 3 rings (SSSR count). The SMILES string of the molecule is Nc1ccccc1S(=O)(=O)NCCCOc1ccn2ncc(Br)c2n1. The second kappa shape index (κ2) is 7.38. The van der Waals surface area contributed by atoms with Crippen LogP contribution in [0.3, 0.4) is 0 Å². The lowest BCUT2D eigenvalue weighted by Gasteiger charge is -2.09. The van der Waals surface area contributed by atoms with Crippen LogP contribution < -0.4 is 15.2 Å². The molecule has 2 aromatic heterocycles. The molecule has 25 heavy (non-hydrogen) atoms. The van der Waals surface area contributed by atoms with Crippen LogP contribution >= 0.6 is 15.9 Å². The van der Waals surface area contributed by atoms with Gasteiger partial charge in [-0.2, -0.15) is 10.1 Å². The highest BCUT2D eigenvalue weighted by atomic mass is 79.9. The topological polar surface area (TPSA) is 112 Å². The average Bonchev–Trinajstić information content (AvgIpc) is 2.95. The Kier molecular flexibility index (Phi) is 5.21. The average molecular weight is 426 g/mol. The number of aromatic nitrogens is 3. The van der Waals surface area contributed by atoms with E-state index in [0.717, 1.165) is 4.47 Å². The van der Waals surface area contributed by atoms with E-state index in [-0.39, 0.29) is 17.1 Å². The summed E-state index contributed by atoms with van der Waals surface area (Å²) in [6.45, 7) is 0.553. The first-order chi connectivity index (χ1) is 12.0.